The molecule has 3 rings (SSSR count). The van der Waals surface area contributed by atoms with Gasteiger partial charge in [-0.15, -0.1) is 0 Å². The van der Waals surface area contributed by atoms with E-state index in [1.165, 1.54) is 28.8 Å². The molecule has 1 heterocycles. The maximum absolute atomic E-state index is 13.9. The molecule has 0 aliphatic heterocycles. The van der Waals surface area contributed by atoms with Crippen LogP contribution in [0.5, 0.6) is 0 Å². The van der Waals surface area contributed by atoms with Crippen LogP contribution in [0.25, 0.3) is 16.7 Å². The van der Waals surface area contributed by atoms with Gasteiger partial charge in [0.1, 0.15) is 23.1 Å². The molecule has 0 spiro atoms. The number of fused-ring (bicyclic) bond motifs is 1. The third-order valence-electron chi connectivity index (χ3n) is 3.23. The van der Waals surface area contributed by atoms with Gasteiger partial charge in [0.25, 0.3) is 0 Å². The molecule has 0 fully saturated rings. The lowest BCUT2D eigenvalue weighted by molar-refractivity contribution is 0.0697. The minimum absolute atomic E-state index is 0.0705. The van der Waals surface area contributed by atoms with E-state index in [0.717, 1.165) is 12.1 Å². The van der Waals surface area contributed by atoms with Crippen LogP contribution in [0.3, 0.4) is 0 Å². The number of benzene rings is 2. The molecule has 1 N–H and O–H groups in total. The molecule has 0 aliphatic carbocycles. The number of carbonyl (C=O) groups is 1. The molecule has 6 heteroatoms. The van der Waals surface area contributed by atoms with Crippen LogP contribution in [0.2, 0.25) is 0 Å². The molecule has 0 saturated heterocycles. The van der Waals surface area contributed by atoms with Crippen molar-refractivity contribution in [3.63, 3.8) is 0 Å². The summed E-state index contributed by atoms with van der Waals surface area (Å²) in [6.07, 6.45) is 0. The molecule has 0 radical (unpaired) electrons. The number of para-hydroxylation sites is 1. The van der Waals surface area contributed by atoms with E-state index in [1.54, 1.807) is 6.92 Å². The lowest BCUT2D eigenvalue weighted by Crippen LogP contribution is -2.03. The van der Waals surface area contributed by atoms with Crippen molar-refractivity contribution in [2.45, 2.75) is 6.92 Å². The second kappa shape index (κ2) is 4.66. The molecule has 0 saturated carbocycles. The first kappa shape index (κ1) is 13.2. The summed E-state index contributed by atoms with van der Waals surface area (Å²) in [4.78, 5) is 15.1. The summed E-state index contributed by atoms with van der Waals surface area (Å²) in [6, 6.07) is 7.85. The zero-order valence-corrected chi connectivity index (χ0v) is 11.0. The van der Waals surface area contributed by atoms with Crippen molar-refractivity contribution in [2.24, 2.45) is 0 Å². The van der Waals surface area contributed by atoms with Crippen molar-refractivity contribution < 1.29 is 18.7 Å². The van der Waals surface area contributed by atoms with Crippen molar-refractivity contribution >= 4 is 17.0 Å². The number of halogens is 2. The fourth-order valence-electron chi connectivity index (χ4n) is 2.32. The summed E-state index contributed by atoms with van der Waals surface area (Å²) in [6.45, 7) is 1.60. The van der Waals surface area contributed by atoms with E-state index < -0.39 is 17.6 Å². The van der Waals surface area contributed by atoms with E-state index in [-0.39, 0.29) is 11.3 Å². The van der Waals surface area contributed by atoms with Gasteiger partial charge in [-0.3, -0.25) is 4.57 Å². The summed E-state index contributed by atoms with van der Waals surface area (Å²) in [5, 5.41) is 8.97. The van der Waals surface area contributed by atoms with E-state index in [1.807, 2.05) is 0 Å². The Labute approximate surface area is 118 Å². The first-order valence-corrected chi connectivity index (χ1v) is 6.16. The Morgan fingerprint density at radius 3 is 2.48 bits per heavy atom. The summed E-state index contributed by atoms with van der Waals surface area (Å²) in [5.74, 6) is -2.13. The third kappa shape index (κ3) is 2.05. The molecule has 2 aromatic carbocycles. The summed E-state index contributed by atoms with van der Waals surface area (Å²) in [7, 11) is 0. The van der Waals surface area contributed by atoms with Gasteiger partial charge in [-0.25, -0.2) is 18.6 Å². The molecular weight excluding hydrogens is 278 g/mol. The highest BCUT2D eigenvalue weighted by molar-refractivity contribution is 5.92. The second-order valence-electron chi connectivity index (χ2n) is 4.57. The number of nitrogens with zero attached hydrogens (tertiary/aromatic N) is 2. The van der Waals surface area contributed by atoms with Gasteiger partial charge in [0.05, 0.1) is 16.6 Å². The van der Waals surface area contributed by atoms with Crippen molar-refractivity contribution in [3.8, 4) is 5.69 Å². The van der Waals surface area contributed by atoms with Crippen LogP contribution >= 0.6 is 0 Å². The Morgan fingerprint density at radius 1 is 1.19 bits per heavy atom. The van der Waals surface area contributed by atoms with Gasteiger partial charge < -0.3 is 5.11 Å². The van der Waals surface area contributed by atoms with Gasteiger partial charge in [0, 0.05) is 0 Å². The standard InChI is InChI=1S/C15H10F2N2O2/c1-8-18-12-7-9(15(20)21)5-6-13(12)19(8)14-10(16)3-2-4-11(14)17/h2-7H,1H3,(H,20,21). The van der Waals surface area contributed by atoms with Gasteiger partial charge in [-0.1, -0.05) is 6.07 Å². The van der Waals surface area contributed by atoms with E-state index in [9.17, 15) is 13.6 Å². The average Bonchev–Trinajstić information content (AvgIpc) is 2.74. The first-order valence-electron chi connectivity index (χ1n) is 6.16. The second-order valence-corrected chi connectivity index (χ2v) is 4.57. The highest BCUT2D eigenvalue weighted by Gasteiger charge is 2.17. The minimum atomic E-state index is -1.08. The smallest absolute Gasteiger partial charge is 0.335 e. The Kier molecular flexibility index (Phi) is 2.94. The average molecular weight is 288 g/mol. The van der Waals surface area contributed by atoms with Crippen molar-refractivity contribution in [1.29, 1.82) is 0 Å². The number of aromatic nitrogens is 2. The lowest BCUT2D eigenvalue weighted by atomic mass is 10.2. The molecule has 106 valence electrons. The molecular formula is C15H10F2N2O2. The number of carboxylic acid groups (broad SMARTS) is 1. The van der Waals surface area contributed by atoms with Crippen molar-refractivity contribution in [1.82, 2.24) is 9.55 Å². The fraction of sp³-hybridized carbons (Fsp3) is 0.0667. The molecule has 21 heavy (non-hydrogen) atoms. The quantitative estimate of drug-likeness (QED) is 0.787. The molecule has 3 aromatic rings. The van der Waals surface area contributed by atoms with Gasteiger partial charge in [-0.2, -0.15) is 0 Å². The van der Waals surface area contributed by atoms with Gasteiger partial charge in [0.2, 0.25) is 0 Å². The zero-order valence-electron chi connectivity index (χ0n) is 11.0. The van der Waals surface area contributed by atoms with Crippen molar-refractivity contribution in [2.75, 3.05) is 0 Å². The first-order chi connectivity index (χ1) is 9.99. The number of imidazole rings is 1. The van der Waals surface area contributed by atoms with E-state index in [0.29, 0.717) is 16.9 Å². The van der Waals surface area contributed by atoms with Gasteiger partial charge in [0.15, 0.2) is 0 Å². The van der Waals surface area contributed by atoms with Crippen LogP contribution in [0.4, 0.5) is 8.78 Å². The van der Waals surface area contributed by atoms with E-state index >= 15 is 0 Å². The minimum Gasteiger partial charge on any atom is -0.478 e. The number of aryl methyl sites for hydroxylation is 1. The highest BCUT2D eigenvalue weighted by Crippen LogP contribution is 2.26. The summed E-state index contributed by atoms with van der Waals surface area (Å²) >= 11 is 0. The summed E-state index contributed by atoms with van der Waals surface area (Å²) < 4.78 is 29.2. The fourth-order valence-corrected chi connectivity index (χ4v) is 2.32. The molecule has 0 bridgehead atoms. The van der Waals surface area contributed by atoms with E-state index in [2.05, 4.69) is 4.98 Å². The maximum Gasteiger partial charge on any atom is 0.335 e. The lowest BCUT2D eigenvalue weighted by Gasteiger charge is -2.09. The SMILES string of the molecule is Cc1nc2cc(C(=O)O)ccc2n1-c1c(F)cccc1F. The molecule has 0 unspecified atom stereocenters. The number of carboxylic acids is 1. The van der Waals surface area contributed by atoms with Crippen LogP contribution in [0, 0.1) is 18.6 Å². The maximum atomic E-state index is 13.9. The van der Waals surface area contributed by atoms with Crippen molar-refractivity contribution in [3.05, 3.63) is 59.4 Å². The molecule has 0 atom stereocenters. The van der Waals surface area contributed by atoms with Crippen LogP contribution in [0.15, 0.2) is 36.4 Å². The normalized spacial score (nSPS) is 11.0. The Balaban J connectivity index is 2.33. The molecule has 0 amide bonds. The van der Waals surface area contributed by atoms with Crippen LogP contribution in [-0.4, -0.2) is 20.6 Å². The largest absolute Gasteiger partial charge is 0.478 e. The Bertz CT molecular complexity index is 851. The van der Waals surface area contributed by atoms with Crippen LogP contribution < -0.4 is 0 Å². The predicted molar refractivity (Wildman–Crippen MR) is 72.7 cm³/mol. The number of rotatable bonds is 2. The van der Waals surface area contributed by atoms with Crippen LogP contribution in [0.1, 0.15) is 16.2 Å². The molecule has 1 aromatic heterocycles. The predicted octanol–water partition coefficient (Wildman–Crippen LogP) is 3.31. The Hall–Kier alpha value is -2.76. The number of aromatic carboxylic acids is 1. The highest BCUT2D eigenvalue weighted by atomic mass is 19.1. The monoisotopic (exact) mass is 288 g/mol. The van der Waals surface area contributed by atoms with Gasteiger partial charge in [-0.05, 0) is 37.3 Å². The summed E-state index contributed by atoms with van der Waals surface area (Å²) in [5.41, 5.74) is 0.665. The van der Waals surface area contributed by atoms with Crippen LogP contribution in [-0.2, 0) is 0 Å². The van der Waals surface area contributed by atoms with Gasteiger partial charge >= 0.3 is 5.97 Å². The third-order valence-corrected chi connectivity index (χ3v) is 3.23. The molecule has 0 aliphatic rings. The topological polar surface area (TPSA) is 55.1 Å². The molecule has 4 nitrogen and oxygen atoms in total. The number of hydrogen-bond donors (Lipinski definition) is 1. The number of hydrogen-bond acceptors (Lipinski definition) is 2. The zero-order chi connectivity index (χ0) is 15.1. The Morgan fingerprint density at radius 2 is 1.86 bits per heavy atom. The van der Waals surface area contributed by atoms with E-state index in [4.69, 9.17) is 5.11 Å².